The van der Waals surface area contributed by atoms with Gasteiger partial charge in [-0.25, -0.2) is 0 Å². The minimum absolute atomic E-state index is 0.822. The smallest absolute Gasteiger partial charge is 0.00148 e. The second kappa shape index (κ2) is 7.09. The molecule has 1 aliphatic carbocycles. The second-order valence-corrected chi connectivity index (χ2v) is 6.25. The third kappa shape index (κ3) is 4.07. The van der Waals surface area contributed by atoms with Crippen LogP contribution in [0, 0.1) is 25.7 Å². The van der Waals surface area contributed by atoms with Gasteiger partial charge in [-0.2, -0.15) is 0 Å². The molecule has 0 amide bonds. The Bertz CT molecular complexity index is 391. The molecule has 2 rings (SSSR count). The lowest BCUT2D eigenvalue weighted by atomic mass is 9.84. The van der Waals surface area contributed by atoms with Gasteiger partial charge in [0.25, 0.3) is 0 Å². The molecule has 106 valence electrons. The third-order valence-corrected chi connectivity index (χ3v) is 4.71. The lowest BCUT2D eigenvalue weighted by Crippen LogP contribution is -2.29. The van der Waals surface area contributed by atoms with Crippen molar-refractivity contribution in [1.29, 1.82) is 0 Å². The quantitative estimate of drug-likeness (QED) is 0.805. The monoisotopic (exact) mass is 259 g/mol. The van der Waals surface area contributed by atoms with E-state index in [0.717, 1.165) is 18.4 Å². The van der Waals surface area contributed by atoms with E-state index in [1.165, 1.54) is 49.8 Å². The molecule has 1 saturated carbocycles. The van der Waals surface area contributed by atoms with Crippen LogP contribution in [-0.2, 0) is 6.42 Å². The molecule has 0 saturated heterocycles. The molecule has 1 atom stereocenters. The van der Waals surface area contributed by atoms with E-state index in [1.54, 1.807) is 5.56 Å². The van der Waals surface area contributed by atoms with Crippen molar-refractivity contribution in [3.63, 3.8) is 0 Å². The molecule has 0 aromatic heterocycles. The molecular weight excluding hydrogens is 230 g/mol. The van der Waals surface area contributed by atoms with E-state index in [1.807, 2.05) is 0 Å². The van der Waals surface area contributed by atoms with E-state index in [4.69, 9.17) is 0 Å². The number of rotatable bonds is 6. The molecule has 0 bridgehead atoms. The lowest BCUT2D eigenvalue weighted by molar-refractivity contribution is 0.323. The van der Waals surface area contributed by atoms with E-state index >= 15 is 0 Å². The summed E-state index contributed by atoms with van der Waals surface area (Å²) in [4.78, 5) is 0. The van der Waals surface area contributed by atoms with Gasteiger partial charge in [-0.05, 0) is 56.3 Å². The van der Waals surface area contributed by atoms with Crippen LogP contribution in [0.3, 0.4) is 0 Å². The van der Waals surface area contributed by atoms with E-state index < -0.39 is 0 Å². The molecule has 0 heterocycles. The summed E-state index contributed by atoms with van der Waals surface area (Å²) in [7, 11) is 0. The molecule has 1 N–H and O–H groups in total. The van der Waals surface area contributed by atoms with Crippen molar-refractivity contribution in [1.82, 2.24) is 5.32 Å². The van der Waals surface area contributed by atoms with Crippen molar-refractivity contribution in [2.24, 2.45) is 11.8 Å². The molecular formula is C18H29N. The maximum Gasteiger partial charge on any atom is -0.00148 e. The van der Waals surface area contributed by atoms with Crippen LogP contribution >= 0.6 is 0 Å². The summed E-state index contributed by atoms with van der Waals surface area (Å²) in [6, 6.07) is 6.90. The Kier molecular flexibility index (Phi) is 5.45. The predicted octanol–water partition coefficient (Wildman–Crippen LogP) is 4.26. The summed E-state index contributed by atoms with van der Waals surface area (Å²) in [5, 5.41) is 3.58. The molecule has 1 aliphatic rings. The standard InChI is InChI=1S/C18H29N/c1-4-19-13-18(16-7-5-6-8-16)12-17-11-14(2)9-10-15(17)3/h9-11,16,18-19H,4-8,12-13H2,1-3H3. The van der Waals surface area contributed by atoms with Crippen LogP contribution in [0.2, 0.25) is 0 Å². The van der Waals surface area contributed by atoms with Crippen LogP contribution < -0.4 is 5.32 Å². The first-order chi connectivity index (χ1) is 9.20. The first-order valence-electron chi connectivity index (χ1n) is 7.97. The fourth-order valence-corrected chi connectivity index (χ4v) is 3.47. The largest absolute Gasteiger partial charge is 0.317 e. The van der Waals surface area contributed by atoms with Gasteiger partial charge in [0.1, 0.15) is 0 Å². The third-order valence-electron chi connectivity index (χ3n) is 4.71. The Hall–Kier alpha value is -0.820. The number of benzene rings is 1. The molecule has 1 aromatic carbocycles. The van der Waals surface area contributed by atoms with Crippen molar-refractivity contribution < 1.29 is 0 Å². The zero-order chi connectivity index (χ0) is 13.7. The Morgan fingerprint density at radius 1 is 1.21 bits per heavy atom. The van der Waals surface area contributed by atoms with E-state index in [2.05, 4.69) is 44.3 Å². The molecule has 0 radical (unpaired) electrons. The highest BCUT2D eigenvalue weighted by molar-refractivity contribution is 5.30. The van der Waals surface area contributed by atoms with Crippen molar-refractivity contribution >= 4 is 0 Å². The zero-order valence-corrected chi connectivity index (χ0v) is 12.8. The molecule has 1 aromatic rings. The van der Waals surface area contributed by atoms with Crippen LogP contribution in [0.1, 0.15) is 49.3 Å². The Morgan fingerprint density at radius 2 is 1.95 bits per heavy atom. The second-order valence-electron chi connectivity index (χ2n) is 6.25. The van der Waals surface area contributed by atoms with Crippen LogP contribution in [0.25, 0.3) is 0 Å². The first kappa shape index (κ1) is 14.6. The van der Waals surface area contributed by atoms with Crippen molar-refractivity contribution in [2.75, 3.05) is 13.1 Å². The Labute approximate surface area is 118 Å². The molecule has 0 aliphatic heterocycles. The van der Waals surface area contributed by atoms with Gasteiger partial charge in [0.2, 0.25) is 0 Å². The van der Waals surface area contributed by atoms with Crippen molar-refractivity contribution in [3.8, 4) is 0 Å². The SMILES string of the molecule is CCNCC(Cc1cc(C)ccc1C)C1CCCC1. The minimum atomic E-state index is 0.822. The van der Waals surface area contributed by atoms with Gasteiger partial charge in [-0.3, -0.25) is 0 Å². The first-order valence-corrected chi connectivity index (χ1v) is 7.97. The maximum absolute atomic E-state index is 3.58. The van der Waals surface area contributed by atoms with Gasteiger partial charge in [-0.1, -0.05) is 56.4 Å². The molecule has 1 unspecified atom stereocenters. The summed E-state index contributed by atoms with van der Waals surface area (Å²) in [6.07, 6.45) is 7.03. The lowest BCUT2D eigenvalue weighted by Gasteiger charge is -2.25. The average Bonchev–Trinajstić information content (AvgIpc) is 2.92. The topological polar surface area (TPSA) is 12.0 Å². The molecule has 19 heavy (non-hydrogen) atoms. The van der Waals surface area contributed by atoms with Gasteiger partial charge in [0, 0.05) is 0 Å². The fourth-order valence-electron chi connectivity index (χ4n) is 3.47. The van der Waals surface area contributed by atoms with E-state index in [9.17, 15) is 0 Å². The summed E-state index contributed by atoms with van der Waals surface area (Å²) in [5.41, 5.74) is 4.43. The van der Waals surface area contributed by atoms with E-state index in [-0.39, 0.29) is 0 Å². The van der Waals surface area contributed by atoms with Crippen LogP contribution in [0.5, 0.6) is 0 Å². The van der Waals surface area contributed by atoms with Gasteiger partial charge in [0.15, 0.2) is 0 Å². The zero-order valence-electron chi connectivity index (χ0n) is 12.8. The van der Waals surface area contributed by atoms with E-state index in [0.29, 0.717) is 0 Å². The number of hydrogen-bond donors (Lipinski definition) is 1. The van der Waals surface area contributed by atoms with Crippen LogP contribution in [0.4, 0.5) is 0 Å². The maximum atomic E-state index is 3.58. The molecule has 0 spiro atoms. The molecule has 1 heteroatoms. The van der Waals surface area contributed by atoms with Gasteiger partial charge >= 0.3 is 0 Å². The van der Waals surface area contributed by atoms with Gasteiger partial charge in [-0.15, -0.1) is 0 Å². The molecule has 1 fully saturated rings. The van der Waals surface area contributed by atoms with Crippen molar-refractivity contribution in [3.05, 3.63) is 34.9 Å². The van der Waals surface area contributed by atoms with Crippen molar-refractivity contribution in [2.45, 2.75) is 52.9 Å². The number of hydrogen-bond acceptors (Lipinski definition) is 1. The Balaban J connectivity index is 2.07. The highest BCUT2D eigenvalue weighted by Gasteiger charge is 2.25. The van der Waals surface area contributed by atoms with Gasteiger partial charge < -0.3 is 5.32 Å². The highest BCUT2D eigenvalue weighted by atomic mass is 14.8. The molecule has 1 nitrogen and oxygen atoms in total. The van der Waals surface area contributed by atoms with Crippen LogP contribution in [0.15, 0.2) is 18.2 Å². The number of aryl methyl sites for hydroxylation is 2. The fraction of sp³-hybridized carbons (Fsp3) is 0.667. The number of nitrogens with one attached hydrogen (secondary N) is 1. The van der Waals surface area contributed by atoms with Crippen LogP contribution in [-0.4, -0.2) is 13.1 Å². The highest BCUT2D eigenvalue weighted by Crippen LogP contribution is 2.33. The summed E-state index contributed by atoms with van der Waals surface area (Å²) < 4.78 is 0. The predicted molar refractivity (Wildman–Crippen MR) is 83.6 cm³/mol. The summed E-state index contributed by atoms with van der Waals surface area (Å²) >= 11 is 0. The van der Waals surface area contributed by atoms with Gasteiger partial charge in [0.05, 0.1) is 0 Å². The average molecular weight is 259 g/mol. The Morgan fingerprint density at radius 3 is 2.63 bits per heavy atom. The summed E-state index contributed by atoms with van der Waals surface area (Å²) in [6.45, 7) is 8.96. The minimum Gasteiger partial charge on any atom is -0.317 e. The summed E-state index contributed by atoms with van der Waals surface area (Å²) in [5.74, 6) is 1.77. The normalized spacial score (nSPS) is 17.8.